The summed E-state index contributed by atoms with van der Waals surface area (Å²) in [6.07, 6.45) is 4.89. The van der Waals surface area contributed by atoms with Crippen LogP contribution in [0.5, 0.6) is 5.88 Å². The van der Waals surface area contributed by atoms with E-state index in [0.29, 0.717) is 28.3 Å². The van der Waals surface area contributed by atoms with Crippen LogP contribution in [-0.2, 0) is 4.79 Å². The standard InChI is InChI=1S/C22H20N6O3/c1-12(29)27-16-10-13(6-8-24-16)19-18(14-4-5-17(31-3)26-11-14)21-20(28-19)15(7-9-25-21)22(30)23-2/h4-11,28H,1-3H3,(H,23,30)(H,24,27,29). The molecule has 0 saturated heterocycles. The number of nitrogens with zero attached hydrogens (tertiary/aromatic N) is 3. The fraction of sp³-hybridized carbons (Fsp3) is 0.136. The molecule has 0 fully saturated rings. The highest BCUT2D eigenvalue weighted by molar-refractivity contribution is 6.11. The first-order valence-electron chi connectivity index (χ1n) is 9.49. The third-order valence-electron chi connectivity index (χ3n) is 4.75. The second-order valence-electron chi connectivity index (χ2n) is 6.74. The third kappa shape index (κ3) is 3.80. The van der Waals surface area contributed by atoms with Crippen molar-refractivity contribution in [2.45, 2.75) is 6.92 Å². The van der Waals surface area contributed by atoms with Gasteiger partial charge in [0.25, 0.3) is 5.91 Å². The summed E-state index contributed by atoms with van der Waals surface area (Å²) in [5.41, 5.74) is 4.75. The maximum atomic E-state index is 12.4. The van der Waals surface area contributed by atoms with Gasteiger partial charge >= 0.3 is 0 Å². The van der Waals surface area contributed by atoms with E-state index in [1.54, 1.807) is 50.9 Å². The molecule has 4 heterocycles. The maximum absolute atomic E-state index is 12.4. The molecule has 0 aliphatic carbocycles. The van der Waals surface area contributed by atoms with Gasteiger partial charge in [-0.15, -0.1) is 0 Å². The van der Waals surface area contributed by atoms with Gasteiger partial charge in [-0.25, -0.2) is 9.97 Å². The van der Waals surface area contributed by atoms with E-state index >= 15 is 0 Å². The molecule has 0 aliphatic rings. The molecule has 0 bridgehead atoms. The topological polar surface area (TPSA) is 122 Å². The number of anilines is 1. The minimum absolute atomic E-state index is 0.218. The summed E-state index contributed by atoms with van der Waals surface area (Å²) < 4.78 is 5.17. The van der Waals surface area contributed by atoms with Crippen molar-refractivity contribution < 1.29 is 14.3 Å². The lowest BCUT2D eigenvalue weighted by Gasteiger charge is -2.08. The van der Waals surface area contributed by atoms with Gasteiger partial charge in [0.05, 0.1) is 29.4 Å². The van der Waals surface area contributed by atoms with E-state index < -0.39 is 0 Å². The van der Waals surface area contributed by atoms with Crippen LogP contribution in [0.25, 0.3) is 33.4 Å². The number of aromatic amines is 1. The number of methoxy groups -OCH3 is 1. The number of amides is 2. The summed E-state index contributed by atoms with van der Waals surface area (Å²) in [6.45, 7) is 1.42. The van der Waals surface area contributed by atoms with Crippen molar-refractivity contribution in [3.63, 3.8) is 0 Å². The Morgan fingerprint density at radius 1 is 1.03 bits per heavy atom. The molecular weight excluding hydrogens is 396 g/mol. The van der Waals surface area contributed by atoms with Crippen LogP contribution in [0.3, 0.4) is 0 Å². The van der Waals surface area contributed by atoms with Gasteiger partial charge in [-0.2, -0.15) is 0 Å². The molecule has 9 heteroatoms. The average molecular weight is 416 g/mol. The van der Waals surface area contributed by atoms with E-state index in [4.69, 9.17) is 4.74 Å². The second-order valence-corrected chi connectivity index (χ2v) is 6.74. The van der Waals surface area contributed by atoms with Gasteiger partial charge in [0.2, 0.25) is 11.8 Å². The van der Waals surface area contributed by atoms with Gasteiger partial charge in [-0.05, 0) is 24.3 Å². The van der Waals surface area contributed by atoms with Crippen molar-refractivity contribution in [2.24, 2.45) is 0 Å². The minimum Gasteiger partial charge on any atom is -0.481 e. The molecular formula is C22H20N6O3. The Bertz CT molecular complexity index is 1280. The summed E-state index contributed by atoms with van der Waals surface area (Å²) in [6, 6.07) is 8.87. The largest absolute Gasteiger partial charge is 0.481 e. The van der Waals surface area contributed by atoms with Crippen molar-refractivity contribution in [1.29, 1.82) is 0 Å². The normalized spacial score (nSPS) is 10.7. The Labute approximate surface area is 177 Å². The van der Waals surface area contributed by atoms with Crippen molar-refractivity contribution in [3.05, 3.63) is 54.5 Å². The summed E-state index contributed by atoms with van der Waals surface area (Å²) in [7, 11) is 3.13. The first-order chi connectivity index (χ1) is 15.0. The van der Waals surface area contributed by atoms with Gasteiger partial charge < -0.3 is 20.4 Å². The molecule has 0 saturated carbocycles. The highest BCUT2D eigenvalue weighted by Crippen LogP contribution is 2.38. The van der Waals surface area contributed by atoms with Gasteiger partial charge in [-0.1, -0.05) is 0 Å². The zero-order valence-electron chi connectivity index (χ0n) is 17.2. The van der Waals surface area contributed by atoms with Crippen LogP contribution in [0.4, 0.5) is 5.82 Å². The quantitative estimate of drug-likeness (QED) is 0.460. The fourth-order valence-corrected chi connectivity index (χ4v) is 3.39. The molecule has 0 aromatic carbocycles. The molecule has 9 nitrogen and oxygen atoms in total. The molecule has 4 aromatic rings. The smallest absolute Gasteiger partial charge is 0.253 e. The number of ether oxygens (including phenoxy) is 1. The predicted molar refractivity (Wildman–Crippen MR) is 117 cm³/mol. The van der Waals surface area contributed by atoms with E-state index in [2.05, 4.69) is 30.6 Å². The molecule has 4 aromatic heterocycles. The number of aromatic nitrogens is 4. The van der Waals surface area contributed by atoms with Crippen LogP contribution in [0, 0.1) is 0 Å². The molecule has 0 aliphatic heterocycles. The van der Waals surface area contributed by atoms with E-state index in [1.807, 2.05) is 12.1 Å². The maximum Gasteiger partial charge on any atom is 0.253 e. The number of carbonyl (C=O) groups is 2. The SMILES string of the molecule is CNC(=O)c1ccnc2c(-c3ccc(OC)nc3)c(-c3ccnc(NC(C)=O)c3)[nH]c12. The van der Waals surface area contributed by atoms with Crippen LogP contribution in [-0.4, -0.2) is 45.9 Å². The van der Waals surface area contributed by atoms with Crippen LogP contribution in [0.1, 0.15) is 17.3 Å². The minimum atomic E-state index is -0.228. The molecule has 3 N–H and O–H groups in total. The molecule has 0 radical (unpaired) electrons. The second kappa shape index (κ2) is 8.23. The predicted octanol–water partition coefficient (Wildman–Crippen LogP) is 3.01. The van der Waals surface area contributed by atoms with Crippen LogP contribution >= 0.6 is 0 Å². The third-order valence-corrected chi connectivity index (χ3v) is 4.75. The highest BCUT2D eigenvalue weighted by Gasteiger charge is 2.21. The summed E-state index contributed by atoms with van der Waals surface area (Å²) in [5, 5.41) is 5.34. The van der Waals surface area contributed by atoms with Crippen molar-refractivity contribution in [2.75, 3.05) is 19.5 Å². The average Bonchev–Trinajstić information content (AvgIpc) is 3.18. The molecule has 2 amide bonds. The Kier molecular flexibility index (Phi) is 5.31. The van der Waals surface area contributed by atoms with Gasteiger partial charge in [0.1, 0.15) is 5.82 Å². The number of carbonyl (C=O) groups excluding carboxylic acids is 2. The summed E-state index contributed by atoms with van der Waals surface area (Å²) in [5.74, 6) is 0.459. The Morgan fingerprint density at radius 2 is 1.84 bits per heavy atom. The van der Waals surface area contributed by atoms with Gasteiger partial charge in [0.15, 0.2) is 0 Å². The number of hydrogen-bond donors (Lipinski definition) is 3. The Hall–Kier alpha value is -4.27. The van der Waals surface area contributed by atoms with Crippen molar-refractivity contribution in [3.8, 4) is 28.3 Å². The van der Waals surface area contributed by atoms with Crippen molar-refractivity contribution in [1.82, 2.24) is 25.3 Å². The first-order valence-corrected chi connectivity index (χ1v) is 9.49. The van der Waals surface area contributed by atoms with Crippen molar-refractivity contribution >= 4 is 28.7 Å². The number of nitrogens with one attached hydrogen (secondary N) is 3. The van der Waals surface area contributed by atoms with E-state index in [-0.39, 0.29) is 11.8 Å². The fourth-order valence-electron chi connectivity index (χ4n) is 3.39. The molecule has 0 atom stereocenters. The van der Waals surface area contributed by atoms with E-state index in [9.17, 15) is 9.59 Å². The molecule has 156 valence electrons. The zero-order chi connectivity index (χ0) is 22.0. The lowest BCUT2D eigenvalue weighted by molar-refractivity contribution is -0.114. The first kappa shape index (κ1) is 20.0. The lowest BCUT2D eigenvalue weighted by Crippen LogP contribution is -2.18. The highest BCUT2D eigenvalue weighted by atomic mass is 16.5. The molecule has 4 rings (SSSR count). The van der Waals surface area contributed by atoms with Gasteiger partial charge in [0, 0.05) is 55.3 Å². The van der Waals surface area contributed by atoms with Crippen LogP contribution in [0.2, 0.25) is 0 Å². The number of pyridine rings is 3. The Morgan fingerprint density at radius 3 is 2.52 bits per heavy atom. The number of hydrogen-bond acceptors (Lipinski definition) is 6. The summed E-state index contributed by atoms with van der Waals surface area (Å²) in [4.78, 5) is 40.3. The monoisotopic (exact) mass is 416 g/mol. The van der Waals surface area contributed by atoms with Crippen LogP contribution < -0.4 is 15.4 Å². The van der Waals surface area contributed by atoms with Crippen LogP contribution in [0.15, 0.2) is 48.9 Å². The summed E-state index contributed by atoms with van der Waals surface area (Å²) >= 11 is 0. The molecule has 31 heavy (non-hydrogen) atoms. The molecule has 0 spiro atoms. The van der Waals surface area contributed by atoms with Gasteiger partial charge in [-0.3, -0.25) is 14.6 Å². The molecule has 0 unspecified atom stereocenters. The number of H-pyrrole nitrogens is 1. The Balaban J connectivity index is 1.99. The van der Waals surface area contributed by atoms with E-state index in [0.717, 1.165) is 22.4 Å². The number of rotatable bonds is 5. The number of fused-ring (bicyclic) bond motifs is 1. The zero-order valence-corrected chi connectivity index (χ0v) is 17.2. The lowest BCUT2D eigenvalue weighted by atomic mass is 10.0. The van der Waals surface area contributed by atoms with E-state index in [1.165, 1.54) is 6.92 Å².